The molecule has 0 aliphatic carbocycles. The fourth-order valence-electron chi connectivity index (χ4n) is 4.17. The number of halogens is 1. The maximum Gasteiger partial charge on any atom is 0.260 e. The first-order chi connectivity index (χ1) is 14.7. The Balaban J connectivity index is 1.97. The minimum atomic E-state index is -4.46. The minimum Gasteiger partial charge on any atom is -0.332 e. The number of nitrogens with two attached hydrogens (primary N) is 1. The minimum absolute atomic E-state index is 0.237. The summed E-state index contributed by atoms with van der Waals surface area (Å²) in [6.07, 6.45) is 1.21. The standard InChI is InChI=1S/C21H24FN3O4S2/c1-24-18-8-4-2-6-16(18)20(30(26,27)19-9-5-3-7-17(19)22)21(24)31(28,29)25-12-10-15(14-23)11-13-25/h2-9,15H,10-14,23H2,1H3. The van der Waals surface area contributed by atoms with Gasteiger partial charge >= 0.3 is 0 Å². The Morgan fingerprint density at radius 1 is 1.00 bits per heavy atom. The molecule has 2 heterocycles. The van der Waals surface area contributed by atoms with Gasteiger partial charge in [-0.25, -0.2) is 21.2 Å². The number of hydrogen-bond donors (Lipinski definition) is 1. The fraction of sp³-hybridized carbons (Fsp3) is 0.333. The van der Waals surface area contributed by atoms with Crippen molar-refractivity contribution in [1.29, 1.82) is 0 Å². The van der Waals surface area contributed by atoms with Crippen LogP contribution in [0.1, 0.15) is 12.8 Å². The number of fused-ring (bicyclic) bond motifs is 1. The lowest BCUT2D eigenvalue weighted by Gasteiger charge is -2.30. The van der Waals surface area contributed by atoms with Crippen LogP contribution in [0.25, 0.3) is 10.9 Å². The van der Waals surface area contributed by atoms with E-state index in [1.54, 1.807) is 24.3 Å². The van der Waals surface area contributed by atoms with Crippen LogP contribution in [-0.2, 0) is 26.9 Å². The summed E-state index contributed by atoms with van der Waals surface area (Å²) in [7, 11) is -7.12. The molecule has 2 N–H and O–H groups in total. The molecule has 0 spiro atoms. The SMILES string of the molecule is Cn1c(S(=O)(=O)N2CCC(CN)CC2)c(S(=O)(=O)c2ccccc2F)c2ccccc21. The normalized spacial score (nSPS) is 16.7. The third-order valence-electron chi connectivity index (χ3n) is 5.89. The van der Waals surface area contributed by atoms with Crippen molar-refractivity contribution >= 4 is 30.8 Å². The zero-order valence-corrected chi connectivity index (χ0v) is 18.7. The molecule has 0 atom stereocenters. The smallest absolute Gasteiger partial charge is 0.260 e. The van der Waals surface area contributed by atoms with Crippen LogP contribution in [0.3, 0.4) is 0 Å². The van der Waals surface area contributed by atoms with E-state index in [9.17, 15) is 21.2 Å². The lowest BCUT2D eigenvalue weighted by atomic mass is 9.99. The van der Waals surface area contributed by atoms with Crippen molar-refractivity contribution in [3.63, 3.8) is 0 Å². The third kappa shape index (κ3) is 3.57. The molecule has 31 heavy (non-hydrogen) atoms. The summed E-state index contributed by atoms with van der Waals surface area (Å²) in [5.41, 5.74) is 6.15. The molecule has 10 heteroatoms. The van der Waals surface area contributed by atoms with Crippen LogP contribution in [0.5, 0.6) is 0 Å². The summed E-state index contributed by atoms with van der Waals surface area (Å²) < 4.78 is 71.7. The summed E-state index contributed by atoms with van der Waals surface area (Å²) in [6.45, 7) is 0.991. The number of aryl methyl sites for hydroxylation is 1. The molecule has 1 saturated heterocycles. The maximum absolute atomic E-state index is 14.5. The van der Waals surface area contributed by atoms with E-state index in [-0.39, 0.29) is 29.4 Å². The van der Waals surface area contributed by atoms with E-state index in [2.05, 4.69) is 0 Å². The first kappa shape index (κ1) is 21.9. The van der Waals surface area contributed by atoms with Crippen molar-refractivity contribution in [1.82, 2.24) is 8.87 Å². The predicted molar refractivity (Wildman–Crippen MR) is 115 cm³/mol. The van der Waals surface area contributed by atoms with Gasteiger partial charge in [0.25, 0.3) is 10.0 Å². The Bertz CT molecular complexity index is 1340. The van der Waals surface area contributed by atoms with Gasteiger partial charge in [0.05, 0.1) is 5.52 Å². The van der Waals surface area contributed by atoms with Gasteiger partial charge < -0.3 is 10.3 Å². The van der Waals surface area contributed by atoms with Crippen molar-refractivity contribution in [2.45, 2.75) is 27.7 Å². The van der Waals surface area contributed by atoms with Crippen molar-refractivity contribution in [2.24, 2.45) is 18.7 Å². The van der Waals surface area contributed by atoms with Crippen LogP contribution in [0.2, 0.25) is 0 Å². The van der Waals surface area contributed by atoms with Gasteiger partial charge in [-0.1, -0.05) is 30.3 Å². The summed E-state index contributed by atoms with van der Waals surface area (Å²) in [6, 6.07) is 11.5. The van der Waals surface area contributed by atoms with Crippen molar-refractivity contribution in [3.8, 4) is 0 Å². The molecule has 0 unspecified atom stereocenters. The summed E-state index contributed by atoms with van der Waals surface area (Å²) in [5.74, 6) is -0.692. The second-order valence-electron chi connectivity index (χ2n) is 7.73. The quantitative estimate of drug-likeness (QED) is 0.624. The first-order valence-corrected chi connectivity index (χ1v) is 12.9. The van der Waals surface area contributed by atoms with Crippen LogP contribution in [0, 0.1) is 11.7 Å². The van der Waals surface area contributed by atoms with Crippen LogP contribution in [-0.4, -0.2) is 45.3 Å². The molecule has 1 aromatic heterocycles. The molecule has 1 aliphatic heterocycles. The van der Waals surface area contributed by atoms with Crippen molar-refractivity contribution in [3.05, 3.63) is 54.3 Å². The number of aromatic nitrogens is 1. The zero-order chi connectivity index (χ0) is 22.4. The van der Waals surface area contributed by atoms with Crippen LogP contribution in [0.15, 0.2) is 63.3 Å². The van der Waals surface area contributed by atoms with Gasteiger partial charge in [0.15, 0.2) is 5.03 Å². The van der Waals surface area contributed by atoms with Crippen molar-refractivity contribution < 1.29 is 21.2 Å². The van der Waals surface area contributed by atoms with Gasteiger partial charge in [-0.05, 0) is 43.5 Å². The van der Waals surface area contributed by atoms with E-state index >= 15 is 0 Å². The van der Waals surface area contributed by atoms with Gasteiger partial charge in [0.2, 0.25) is 9.84 Å². The molecule has 166 valence electrons. The Morgan fingerprint density at radius 3 is 2.26 bits per heavy atom. The average molecular weight is 466 g/mol. The number of para-hydroxylation sites is 1. The van der Waals surface area contributed by atoms with Gasteiger partial charge in [-0.15, -0.1) is 0 Å². The zero-order valence-electron chi connectivity index (χ0n) is 17.0. The summed E-state index contributed by atoms with van der Waals surface area (Å²) in [5, 5.41) is -0.105. The second-order valence-corrected chi connectivity index (χ2v) is 11.4. The van der Waals surface area contributed by atoms with Crippen molar-refractivity contribution in [2.75, 3.05) is 19.6 Å². The number of piperidine rings is 1. The van der Waals surface area contributed by atoms with E-state index in [4.69, 9.17) is 5.73 Å². The van der Waals surface area contributed by atoms with E-state index in [1.807, 2.05) is 0 Å². The highest BCUT2D eigenvalue weighted by Gasteiger charge is 2.39. The molecule has 1 aliphatic rings. The van der Waals surface area contributed by atoms with Gasteiger partial charge in [0.1, 0.15) is 15.6 Å². The molecule has 0 radical (unpaired) electrons. The monoisotopic (exact) mass is 465 g/mol. The van der Waals surface area contributed by atoms with E-state index in [0.717, 1.165) is 12.1 Å². The van der Waals surface area contributed by atoms with E-state index in [0.29, 0.717) is 24.9 Å². The van der Waals surface area contributed by atoms with Gasteiger partial charge in [0, 0.05) is 25.5 Å². The number of rotatable bonds is 5. The molecule has 1 fully saturated rings. The molecule has 3 aromatic rings. The van der Waals surface area contributed by atoms with E-state index in [1.165, 1.54) is 28.1 Å². The largest absolute Gasteiger partial charge is 0.332 e. The van der Waals surface area contributed by atoms with Crippen LogP contribution >= 0.6 is 0 Å². The first-order valence-electron chi connectivity index (χ1n) is 9.97. The fourth-order valence-corrected chi connectivity index (χ4v) is 8.17. The summed E-state index contributed by atoms with van der Waals surface area (Å²) >= 11 is 0. The second kappa shape index (κ2) is 8.01. The number of benzene rings is 2. The lowest BCUT2D eigenvalue weighted by Crippen LogP contribution is -2.41. The highest BCUT2D eigenvalue weighted by Crippen LogP contribution is 2.38. The molecular formula is C21H24FN3O4S2. The molecule has 0 bridgehead atoms. The Kier molecular flexibility index (Phi) is 5.67. The third-order valence-corrected chi connectivity index (χ3v) is 9.90. The molecular weight excluding hydrogens is 441 g/mol. The topological polar surface area (TPSA) is 102 Å². The molecule has 0 amide bonds. The highest BCUT2D eigenvalue weighted by molar-refractivity contribution is 7.93. The Morgan fingerprint density at radius 2 is 1.61 bits per heavy atom. The van der Waals surface area contributed by atoms with Gasteiger partial charge in [-0.3, -0.25) is 0 Å². The number of nitrogens with zero attached hydrogens (tertiary/aromatic N) is 2. The predicted octanol–water partition coefficient (Wildman–Crippen LogP) is 2.51. The number of sulfonamides is 1. The number of sulfone groups is 1. The maximum atomic E-state index is 14.5. The van der Waals surface area contributed by atoms with Gasteiger partial charge in [-0.2, -0.15) is 4.31 Å². The lowest BCUT2D eigenvalue weighted by molar-refractivity contribution is 0.277. The Labute approximate surface area is 181 Å². The number of hydrogen-bond acceptors (Lipinski definition) is 5. The molecule has 4 rings (SSSR count). The Hall–Kier alpha value is -2.27. The van der Waals surface area contributed by atoms with Crippen LogP contribution < -0.4 is 5.73 Å². The average Bonchev–Trinajstić information content (AvgIpc) is 3.08. The molecule has 0 saturated carbocycles. The summed E-state index contributed by atoms with van der Waals surface area (Å²) in [4.78, 5) is -0.943. The highest BCUT2D eigenvalue weighted by atomic mass is 32.2. The van der Waals surface area contributed by atoms with Crippen LogP contribution in [0.4, 0.5) is 4.39 Å². The molecule has 7 nitrogen and oxygen atoms in total. The molecule has 2 aromatic carbocycles. The van der Waals surface area contributed by atoms with E-state index < -0.39 is 35.5 Å².